The highest BCUT2D eigenvalue weighted by atomic mass is 35.5. The van der Waals surface area contributed by atoms with E-state index in [4.69, 9.17) is 16.3 Å². The van der Waals surface area contributed by atoms with E-state index in [0.717, 1.165) is 24.9 Å². The molecule has 8 heteroatoms. The highest BCUT2D eigenvalue weighted by Gasteiger charge is 2.15. The number of benzene rings is 1. The van der Waals surface area contributed by atoms with Crippen LogP contribution in [0.4, 0.5) is 5.69 Å². The van der Waals surface area contributed by atoms with Gasteiger partial charge in [0.25, 0.3) is 5.91 Å². The van der Waals surface area contributed by atoms with Gasteiger partial charge in [-0.15, -0.1) is 0 Å². The van der Waals surface area contributed by atoms with Crippen molar-refractivity contribution in [2.75, 3.05) is 19.0 Å². The number of halogens is 1. The summed E-state index contributed by atoms with van der Waals surface area (Å²) < 4.78 is 7.02. The molecule has 0 aliphatic carbocycles. The van der Waals surface area contributed by atoms with Gasteiger partial charge in [0.2, 0.25) is 5.91 Å². The van der Waals surface area contributed by atoms with Crippen molar-refractivity contribution in [2.24, 2.45) is 0 Å². The second-order valence-corrected chi connectivity index (χ2v) is 7.37. The molecule has 3 rings (SSSR count). The zero-order valence-electron chi connectivity index (χ0n) is 17.1. The average Bonchev–Trinajstić information content (AvgIpc) is 3.06. The molecule has 0 radical (unpaired) electrons. The van der Waals surface area contributed by atoms with Crippen molar-refractivity contribution in [1.29, 1.82) is 0 Å². The zero-order chi connectivity index (χ0) is 21.5. The van der Waals surface area contributed by atoms with Crippen LogP contribution in [0.15, 0.2) is 42.6 Å². The van der Waals surface area contributed by atoms with Crippen LogP contribution in [0.3, 0.4) is 0 Å². The molecule has 3 aromatic rings. The standard InChI is InChI=1S/C22H25ClN4O3/c1-15-21(27-13-7-5-8-19(27)25-15)22(29)24-12-6-3-4-9-20(28)26-17-14-16(23)10-11-18(17)30-2/h5,7-8,10-11,13-14H,3-4,6,9,12H2,1-2H3,(H,24,29)(H,26,28). The summed E-state index contributed by atoms with van der Waals surface area (Å²) in [6, 6.07) is 10.7. The van der Waals surface area contributed by atoms with E-state index in [0.29, 0.717) is 40.8 Å². The smallest absolute Gasteiger partial charge is 0.270 e. The molecule has 158 valence electrons. The molecule has 0 aliphatic rings. The lowest BCUT2D eigenvalue weighted by Crippen LogP contribution is -2.26. The van der Waals surface area contributed by atoms with E-state index in [1.807, 2.05) is 31.3 Å². The molecule has 2 N–H and O–H groups in total. The van der Waals surface area contributed by atoms with Crippen molar-refractivity contribution in [3.05, 3.63) is 59.0 Å². The third-order valence-corrected chi connectivity index (χ3v) is 4.96. The van der Waals surface area contributed by atoms with E-state index in [1.165, 1.54) is 0 Å². The minimum atomic E-state index is -0.142. The third kappa shape index (κ3) is 5.30. The molecule has 30 heavy (non-hydrogen) atoms. The molecule has 0 saturated heterocycles. The number of aromatic nitrogens is 2. The van der Waals surface area contributed by atoms with Crippen LogP contribution in [-0.2, 0) is 4.79 Å². The minimum Gasteiger partial charge on any atom is -0.495 e. The first kappa shape index (κ1) is 21.6. The maximum absolute atomic E-state index is 12.5. The van der Waals surface area contributed by atoms with Crippen LogP contribution >= 0.6 is 11.6 Å². The highest BCUT2D eigenvalue weighted by Crippen LogP contribution is 2.27. The second-order valence-electron chi connectivity index (χ2n) is 6.93. The number of amides is 2. The van der Waals surface area contributed by atoms with Crippen LogP contribution in [-0.4, -0.2) is 34.9 Å². The number of hydrogen-bond donors (Lipinski definition) is 2. The number of anilines is 1. The van der Waals surface area contributed by atoms with Crippen LogP contribution in [0.1, 0.15) is 41.9 Å². The summed E-state index contributed by atoms with van der Waals surface area (Å²) in [5, 5.41) is 6.29. The van der Waals surface area contributed by atoms with E-state index in [-0.39, 0.29) is 11.8 Å². The number of imidazole rings is 1. The largest absolute Gasteiger partial charge is 0.495 e. The van der Waals surface area contributed by atoms with Gasteiger partial charge in [-0.05, 0) is 50.1 Å². The summed E-state index contributed by atoms with van der Waals surface area (Å²) in [5.41, 5.74) is 2.57. The predicted molar refractivity (Wildman–Crippen MR) is 117 cm³/mol. The molecule has 2 aromatic heterocycles. The highest BCUT2D eigenvalue weighted by molar-refractivity contribution is 6.31. The number of carbonyl (C=O) groups is 2. The predicted octanol–water partition coefficient (Wildman–Crippen LogP) is 4.23. The van der Waals surface area contributed by atoms with E-state index in [9.17, 15) is 9.59 Å². The number of aryl methyl sites for hydroxylation is 1. The van der Waals surface area contributed by atoms with Crippen LogP contribution in [0.5, 0.6) is 5.75 Å². The van der Waals surface area contributed by atoms with Crippen molar-refractivity contribution in [3.63, 3.8) is 0 Å². The molecule has 0 atom stereocenters. The monoisotopic (exact) mass is 428 g/mol. The summed E-state index contributed by atoms with van der Waals surface area (Å²) >= 11 is 5.98. The fourth-order valence-electron chi connectivity index (χ4n) is 3.25. The molecular weight excluding hydrogens is 404 g/mol. The van der Waals surface area contributed by atoms with Gasteiger partial charge < -0.3 is 15.4 Å². The summed E-state index contributed by atoms with van der Waals surface area (Å²) in [5.74, 6) is 0.330. The fourth-order valence-corrected chi connectivity index (χ4v) is 3.42. The first-order valence-corrected chi connectivity index (χ1v) is 10.2. The third-order valence-electron chi connectivity index (χ3n) is 4.72. The fraction of sp³-hybridized carbons (Fsp3) is 0.318. The zero-order valence-corrected chi connectivity index (χ0v) is 17.8. The Morgan fingerprint density at radius 1 is 1.17 bits per heavy atom. The van der Waals surface area contributed by atoms with Gasteiger partial charge in [-0.2, -0.15) is 0 Å². The van der Waals surface area contributed by atoms with Crippen molar-refractivity contribution in [2.45, 2.75) is 32.6 Å². The van der Waals surface area contributed by atoms with Crippen LogP contribution < -0.4 is 15.4 Å². The van der Waals surface area contributed by atoms with Crippen molar-refractivity contribution >= 4 is 34.7 Å². The Hall–Kier alpha value is -3.06. The molecular formula is C22H25ClN4O3. The lowest BCUT2D eigenvalue weighted by molar-refractivity contribution is -0.116. The Labute approximate surface area is 180 Å². The Bertz CT molecular complexity index is 1050. The van der Waals surface area contributed by atoms with Gasteiger partial charge in [0.05, 0.1) is 18.5 Å². The summed E-state index contributed by atoms with van der Waals surface area (Å²) in [4.78, 5) is 29.1. The molecule has 2 amide bonds. The Morgan fingerprint density at radius 3 is 2.80 bits per heavy atom. The summed E-state index contributed by atoms with van der Waals surface area (Å²) in [6.07, 6.45) is 4.55. The average molecular weight is 429 g/mol. The normalized spacial score (nSPS) is 10.8. The number of pyridine rings is 1. The topological polar surface area (TPSA) is 84.7 Å². The number of nitrogens with zero attached hydrogens (tertiary/aromatic N) is 2. The number of fused-ring (bicyclic) bond motifs is 1. The molecule has 0 aliphatic heterocycles. The number of hydrogen-bond acceptors (Lipinski definition) is 4. The number of ether oxygens (including phenoxy) is 1. The molecule has 1 aromatic carbocycles. The number of methoxy groups -OCH3 is 1. The van der Waals surface area contributed by atoms with Gasteiger partial charge in [0, 0.05) is 24.2 Å². The first-order chi connectivity index (χ1) is 14.5. The summed E-state index contributed by atoms with van der Waals surface area (Å²) in [7, 11) is 1.54. The van der Waals surface area contributed by atoms with Crippen LogP contribution in [0.2, 0.25) is 5.02 Å². The maximum Gasteiger partial charge on any atom is 0.270 e. The molecule has 7 nitrogen and oxygen atoms in total. The van der Waals surface area contributed by atoms with Crippen molar-refractivity contribution in [3.8, 4) is 5.75 Å². The van der Waals surface area contributed by atoms with Crippen molar-refractivity contribution in [1.82, 2.24) is 14.7 Å². The number of carbonyl (C=O) groups excluding carboxylic acids is 2. The second kappa shape index (κ2) is 10.1. The van der Waals surface area contributed by atoms with Gasteiger partial charge in [-0.3, -0.25) is 14.0 Å². The molecule has 2 heterocycles. The van der Waals surface area contributed by atoms with Gasteiger partial charge in [0.1, 0.15) is 17.1 Å². The van der Waals surface area contributed by atoms with E-state index >= 15 is 0 Å². The van der Waals surface area contributed by atoms with Gasteiger partial charge in [0.15, 0.2) is 0 Å². The van der Waals surface area contributed by atoms with Crippen LogP contribution in [0, 0.1) is 6.92 Å². The molecule has 0 spiro atoms. The van der Waals surface area contributed by atoms with E-state index in [2.05, 4.69) is 15.6 Å². The Morgan fingerprint density at radius 2 is 2.00 bits per heavy atom. The molecule has 0 bridgehead atoms. The lowest BCUT2D eigenvalue weighted by atomic mass is 10.2. The Kier molecular flexibility index (Phi) is 7.30. The van der Waals surface area contributed by atoms with Crippen molar-refractivity contribution < 1.29 is 14.3 Å². The van der Waals surface area contributed by atoms with Crippen LogP contribution in [0.25, 0.3) is 5.65 Å². The molecule has 0 unspecified atom stereocenters. The first-order valence-electron chi connectivity index (χ1n) is 9.85. The number of rotatable bonds is 9. The van der Waals surface area contributed by atoms with Gasteiger partial charge >= 0.3 is 0 Å². The lowest BCUT2D eigenvalue weighted by Gasteiger charge is -2.10. The van der Waals surface area contributed by atoms with Gasteiger partial charge in [-0.1, -0.05) is 24.1 Å². The van der Waals surface area contributed by atoms with E-state index in [1.54, 1.807) is 29.7 Å². The Balaban J connectivity index is 1.39. The molecule has 0 saturated carbocycles. The SMILES string of the molecule is COc1ccc(Cl)cc1NC(=O)CCCCCNC(=O)c1c(C)nc2ccccn12. The summed E-state index contributed by atoms with van der Waals surface area (Å²) in [6.45, 7) is 2.37. The quantitative estimate of drug-likeness (QED) is 0.499. The maximum atomic E-state index is 12.5. The number of unbranched alkanes of at least 4 members (excludes halogenated alkanes) is 2. The molecule has 0 fully saturated rings. The minimum absolute atomic E-state index is 0.0963. The number of nitrogens with one attached hydrogen (secondary N) is 2. The van der Waals surface area contributed by atoms with Gasteiger partial charge in [-0.25, -0.2) is 4.98 Å². The van der Waals surface area contributed by atoms with E-state index < -0.39 is 0 Å².